The number of rotatable bonds is 5. The van der Waals surface area contributed by atoms with Crippen molar-refractivity contribution in [2.45, 2.75) is 32.0 Å². The number of aromatic nitrogens is 3. The second-order valence-corrected chi connectivity index (χ2v) is 7.76. The predicted octanol–water partition coefficient (Wildman–Crippen LogP) is 3.54. The molecule has 1 aliphatic rings. The fourth-order valence-electron chi connectivity index (χ4n) is 3.96. The molecule has 5 nitrogen and oxygen atoms in total. The van der Waals surface area contributed by atoms with Crippen molar-refractivity contribution in [1.29, 1.82) is 0 Å². The Morgan fingerprint density at radius 3 is 2.89 bits per heavy atom. The van der Waals surface area contributed by atoms with E-state index in [0.29, 0.717) is 11.6 Å². The van der Waals surface area contributed by atoms with Crippen LogP contribution in [0.4, 0.5) is 0 Å². The molecule has 1 unspecified atom stereocenters. The quantitative estimate of drug-likeness (QED) is 0.686. The van der Waals surface area contributed by atoms with Gasteiger partial charge in [0.15, 0.2) is 0 Å². The summed E-state index contributed by atoms with van der Waals surface area (Å²) in [4.78, 5) is 11.0. The van der Waals surface area contributed by atoms with Crippen LogP contribution < -0.4 is 0 Å². The van der Waals surface area contributed by atoms with Crippen molar-refractivity contribution >= 4 is 22.6 Å². The van der Waals surface area contributed by atoms with Gasteiger partial charge in [-0.15, -0.1) is 6.58 Å². The molecule has 1 aliphatic heterocycles. The summed E-state index contributed by atoms with van der Waals surface area (Å²) in [6, 6.07) is 5.69. The van der Waals surface area contributed by atoms with Gasteiger partial charge in [-0.1, -0.05) is 17.7 Å². The number of nitrogens with zero attached hydrogens (tertiary/aromatic N) is 4. The molecule has 4 heterocycles. The smallest absolute Gasteiger partial charge is 0.140 e. The molecule has 6 heteroatoms. The van der Waals surface area contributed by atoms with E-state index in [9.17, 15) is 5.11 Å². The summed E-state index contributed by atoms with van der Waals surface area (Å²) in [6.45, 7) is 8.77. The molecule has 0 fully saturated rings. The average molecular weight is 383 g/mol. The number of pyridine rings is 2. The predicted molar refractivity (Wildman–Crippen MR) is 108 cm³/mol. The molecule has 1 atom stereocenters. The molecule has 0 radical (unpaired) electrons. The lowest BCUT2D eigenvalue weighted by Gasteiger charge is -2.29. The maximum absolute atomic E-state index is 11.2. The first-order valence-corrected chi connectivity index (χ1v) is 9.49. The Balaban J connectivity index is 1.81. The fraction of sp³-hybridized carbons (Fsp3) is 0.333. The Hall–Kier alpha value is -2.21. The van der Waals surface area contributed by atoms with Crippen LogP contribution in [0.5, 0.6) is 0 Å². The van der Waals surface area contributed by atoms with Crippen molar-refractivity contribution in [1.82, 2.24) is 19.4 Å². The van der Waals surface area contributed by atoms with Crippen LogP contribution in [0.1, 0.15) is 23.7 Å². The molecule has 3 aromatic heterocycles. The van der Waals surface area contributed by atoms with Crippen LogP contribution in [0.2, 0.25) is 5.02 Å². The third-order valence-corrected chi connectivity index (χ3v) is 5.50. The Morgan fingerprint density at radius 1 is 1.37 bits per heavy atom. The van der Waals surface area contributed by atoms with Gasteiger partial charge in [-0.3, -0.25) is 9.88 Å². The SMILES string of the molecule is C=CCN1CCc2c(c3cc(Cl)cnc3n2CC(C)(O)c2ccncc2)C1. The van der Waals surface area contributed by atoms with E-state index in [-0.39, 0.29) is 0 Å². The van der Waals surface area contributed by atoms with E-state index < -0.39 is 5.60 Å². The lowest BCUT2D eigenvalue weighted by atomic mass is 9.96. The third-order valence-electron chi connectivity index (χ3n) is 5.29. The van der Waals surface area contributed by atoms with Gasteiger partial charge >= 0.3 is 0 Å². The molecule has 0 saturated carbocycles. The van der Waals surface area contributed by atoms with E-state index in [1.54, 1.807) is 18.6 Å². The van der Waals surface area contributed by atoms with Gasteiger partial charge in [0, 0.05) is 55.7 Å². The molecule has 27 heavy (non-hydrogen) atoms. The minimum atomic E-state index is -1.03. The van der Waals surface area contributed by atoms with E-state index in [1.807, 2.05) is 31.2 Å². The molecule has 3 aromatic rings. The highest BCUT2D eigenvalue weighted by atomic mass is 35.5. The lowest BCUT2D eigenvalue weighted by molar-refractivity contribution is 0.0382. The molecule has 0 aromatic carbocycles. The van der Waals surface area contributed by atoms with E-state index in [4.69, 9.17) is 11.6 Å². The summed E-state index contributed by atoms with van der Waals surface area (Å²) in [5.41, 5.74) is 3.17. The van der Waals surface area contributed by atoms with Crippen LogP contribution in [0.3, 0.4) is 0 Å². The van der Waals surface area contributed by atoms with Gasteiger partial charge in [-0.05, 0) is 36.2 Å². The highest BCUT2D eigenvalue weighted by Crippen LogP contribution is 2.34. The summed E-state index contributed by atoms with van der Waals surface area (Å²) in [7, 11) is 0. The van der Waals surface area contributed by atoms with E-state index in [1.165, 1.54) is 11.3 Å². The summed E-state index contributed by atoms with van der Waals surface area (Å²) >= 11 is 6.24. The van der Waals surface area contributed by atoms with Crippen LogP contribution in [-0.4, -0.2) is 37.6 Å². The largest absolute Gasteiger partial charge is 0.384 e. The van der Waals surface area contributed by atoms with E-state index in [2.05, 4.69) is 26.0 Å². The summed E-state index contributed by atoms with van der Waals surface area (Å²) in [6.07, 6.45) is 7.93. The maximum Gasteiger partial charge on any atom is 0.140 e. The number of aliphatic hydroxyl groups is 1. The normalized spacial score (nSPS) is 16.9. The molecule has 0 amide bonds. The zero-order valence-electron chi connectivity index (χ0n) is 15.4. The Labute approximate surface area is 163 Å². The fourth-order valence-corrected chi connectivity index (χ4v) is 4.12. The van der Waals surface area contributed by atoms with E-state index >= 15 is 0 Å². The minimum Gasteiger partial charge on any atom is -0.384 e. The lowest BCUT2D eigenvalue weighted by Crippen LogP contribution is -2.33. The van der Waals surface area contributed by atoms with Crippen molar-refractivity contribution < 1.29 is 5.11 Å². The zero-order valence-corrected chi connectivity index (χ0v) is 16.2. The van der Waals surface area contributed by atoms with Crippen molar-refractivity contribution in [3.05, 3.63) is 71.3 Å². The molecule has 4 rings (SSSR count). The zero-order chi connectivity index (χ0) is 19.0. The topological polar surface area (TPSA) is 54.2 Å². The highest BCUT2D eigenvalue weighted by Gasteiger charge is 2.30. The van der Waals surface area contributed by atoms with Gasteiger partial charge in [0.1, 0.15) is 11.2 Å². The van der Waals surface area contributed by atoms with Crippen LogP contribution >= 0.6 is 11.6 Å². The van der Waals surface area contributed by atoms with Crippen LogP contribution in [0.15, 0.2) is 49.4 Å². The third kappa shape index (κ3) is 3.38. The number of hydrogen-bond donors (Lipinski definition) is 1. The number of fused-ring (bicyclic) bond motifs is 3. The van der Waals surface area contributed by atoms with Crippen molar-refractivity contribution in [2.24, 2.45) is 0 Å². The highest BCUT2D eigenvalue weighted by molar-refractivity contribution is 6.31. The van der Waals surface area contributed by atoms with Gasteiger partial charge in [-0.2, -0.15) is 0 Å². The molecule has 0 aliphatic carbocycles. The Bertz CT molecular complexity index is 981. The first-order valence-electron chi connectivity index (χ1n) is 9.11. The van der Waals surface area contributed by atoms with Gasteiger partial charge in [0.25, 0.3) is 0 Å². The van der Waals surface area contributed by atoms with Crippen molar-refractivity contribution in [3.63, 3.8) is 0 Å². The van der Waals surface area contributed by atoms with Gasteiger partial charge < -0.3 is 9.67 Å². The van der Waals surface area contributed by atoms with Gasteiger partial charge in [0.2, 0.25) is 0 Å². The molecular formula is C21H23ClN4O. The standard InChI is InChI=1S/C21H23ClN4O/c1-3-9-25-10-6-19-18(13-25)17-11-16(22)12-24-20(17)26(19)14-21(2,27)15-4-7-23-8-5-15/h3-5,7-8,11-12,27H,1,6,9-10,13-14H2,2H3. The Kier molecular flexibility index (Phi) is 4.76. The van der Waals surface area contributed by atoms with Crippen molar-refractivity contribution in [3.8, 4) is 0 Å². The summed E-state index contributed by atoms with van der Waals surface area (Å²) in [5, 5.41) is 12.9. The summed E-state index contributed by atoms with van der Waals surface area (Å²) in [5.74, 6) is 0. The molecule has 0 saturated heterocycles. The number of halogens is 1. The van der Waals surface area contributed by atoms with Crippen LogP contribution in [-0.2, 0) is 25.1 Å². The van der Waals surface area contributed by atoms with Gasteiger partial charge in [0.05, 0.1) is 11.6 Å². The Morgan fingerprint density at radius 2 is 2.15 bits per heavy atom. The average Bonchev–Trinajstić information content (AvgIpc) is 2.95. The van der Waals surface area contributed by atoms with Gasteiger partial charge in [-0.25, -0.2) is 4.98 Å². The number of hydrogen-bond acceptors (Lipinski definition) is 4. The first kappa shape index (κ1) is 18.2. The molecule has 140 valence electrons. The minimum absolute atomic E-state index is 0.430. The van der Waals surface area contributed by atoms with Crippen molar-refractivity contribution in [2.75, 3.05) is 13.1 Å². The molecule has 0 bridgehead atoms. The maximum atomic E-state index is 11.2. The molecule has 1 N–H and O–H groups in total. The molecule has 0 spiro atoms. The molecular weight excluding hydrogens is 360 g/mol. The van der Waals surface area contributed by atoms with Crippen LogP contribution in [0.25, 0.3) is 11.0 Å². The second-order valence-electron chi connectivity index (χ2n) is 7.32. The van der Waals surface area contributed by atoms with Crippen LogP contribution in [0, 0.1) is 0 Å². The first-order chi connectivity index (χ1) is 13.0. The summed E-state index contributed by atoms with van der Waals surface area (Å²) < 4.78 is 2.16. The second kappa shape index (κ2) is 7.08. The van der Waals surface area contributed by atoms with E-state index in [0.717, 1.165) is 42.7 Å². The monoisotopic (exact) mass is 382 g/mol.